The molecule has 0 amide bonds. The fourth-order valence-corrected chi connectivity index (χ4v) is 2.64. The quantitative estimate of drug-likeness (QED) is 0.459. The standard InChI is InChI=1S/C12H24N4.HI/c13-12(15-11-5-1-2-6-11)14-7-10-16-8-3-4-9-16;/h11H,1-10H2,(H3,13,14,15);1H. The molecule has 0 aromatic rings. The molecule has 1 saturated carbocycles. The molecule has 1 aliphatic carbocycles. The Kier molecular flexibility index (Phi) is 7.18. The fraction of sp³-hybridized carbons (Fsp3) is 0.917. The van der Waals surface area contributed by atoms with Crippen LogP contribution in [0.4, 0.5) is 0 Å². The SMILES string of the molecule is I.NC(=NCCN1CCCC1)NC1CCCC1. The van der Waals surface area contributed by atoms with Crippen molar-refractivity contribution in [1.82, 2.24) is 10.2 Å². The van der Waals surface area contributed by atoms with Gasteiger partial charge >= 0.3 is 0 Å². The zero-order valence-corrected chi connectivity index (χ0v) is 12.9. The van der Waals surface area contributed by atoms with Gasteiger partial charge in [-0.2, -0.15) is 0 Å². The smallest absolute Gasteiger partial charge is 0.188 e. The maximum absolute atomic E-state index is 5.86. The second-order valence-corrected chi connectivity index (χ2v) is 4.94. The van der Waals surface area contributed by atoms with Gasteiger partial charge in [-0.1, -0.05) is 12.8 Å². The molecule has 2 rings (SSSR count). The number of hydrogen-bond acceptors (Lipinski definition) is 2. The van der Waals surface area contributed by atoms with Crippen LogP contribution in [0.2, 0.25) is 0 Å². The highest BCUT2D eigenvalue weighted by Gasteiger charge is 2.15. The molecule has 0 atom stereocenters. The molecule has 0 spiro atoms. The third-order valence-electron chi connectivity index (χ3n) is 3.60. The van der Waals surface area contributed by atoms with Gasteiger partial charge in [0.05, 0.1) is 6.54 Å². The van der Waals surface area contributed by atoms with Crippen LogP contribution in [0.3, 0.4) is 0 Å². The van der Waals surface area contributed by atoms with Gasteiger partial charge in [-0.05, 0) is 38.8 Å². The lowest BCUT2D eigenvalue weighted by molar-refractivity contribution is 0.349. The Morgan fingerprint density at radius 3 is 2.47 bits per heavy atom. The average molecular weight is 352 g/mol. The normalized spacial score (nSPS) is 22.7. The van der Waals surface area contributed by atoms with E-state index in [0.717, 1.165) is 13.1 Å². The van der Waals surface area contributed by atoms with E-state index >= 15 is 0 Å². The maximum atomic E-state index is 5.86. The molecular formula is C12H25IN4. The Labute approximate surface area is 121 Å². The van der Waals surface area contributed by atoms with Crippen molar-refractivity contribution in [3.05, 3.63) is 0 Å². The van der Waals surface area contributed by atoms with Crippen LogP contribution in [0.5, 0.6) is 0 Å². The molecule has 0 radical (unpaired) electrons. The van der Waals surface area contributed by atoms with Crippen LogP contribution in [-0.4, -0.2) is 43.1 Å². The molecule has 1 saturated heterocycles. The van der Waals surface area contributed by atoms with E-state index in [4.69, 9.17) is 5.73 Å². The summed E-state index contributed by atoms with van der Waals surface area (Å²) >= 11 is 0. The third kappa shape index (κ3) is 5.42. The predicted octanol–water partition coefficient (Wildman–Crippen LogP) is 1.55. The van der Waals surface area contributed by atoms with Gasteiger partial charge in [0.25, 0.3) is 0 Å². The first-order valence-corrected chi connectivity index (χ1v) is 6.63. The number of hydrogen-bond donors (Lipinski definition) is 2. The van der Waals surface area contributed by atoms with Crippen molar-refractivity contribution in [3.8, 4) is 0 Å². The zero-order chi connectivity index (χ0) is 11.2. The molecule has 0 aromatic carbocycles. The van der Waals surface area contributed by atoms with Crippen LogP contribution in [0.15, 0.2) is 4.99 Å². The number of halogens is 1. The second-order valence-electron chi connectivity index (χ2n) is 4.94. The summed E-state index contributed by atoms with van der Waals surface area (Å²) in [5.41, 5.74) is 5.86. The fourth-order valence-electron chi connectivity index (χ4n) is 2.64. The van der Waals surface area contributed by atoms with Crippen molar-refractivity contribution in [3.63, 3.8) is 0 Å². The summed E-state index contributed by atoms with van der Waals surface area (Å²) in [7, 11) is 0. The van der Waals surface area contributed by atoms with Gasteiger partial charge in [0.2, 0.25) is 0 Å². The van der Waals surface area contributed by atoms with Gasteiger partial charge in [-0.15, -0.1) is 24.0 Å². The Balaban J connectivity index is 0.00000144. The van der Waals surface area contributed by atoms with Gasteiger partial charge in [0, 0.05) is 12.6 Å². The summed E-state index contributed by atoms with van der Waals surface area (Å²) in [4.78, 5) is 6.86. The largest absolute Gasteiger partial charge is 0.370 e. The van der Waals surface area contributed by atoms with E-state index < -0.39 is 0 Å². The summed E-state index contributed by atoms with van der Waals surface area (Å²) in [6.45, 7) is 4.38. The number of aliphatic imine (C=N–C) groups is 1. The summed E-state index contributed by atoms with van der Waals surface area (Å²) in [5, 5.41) is 3.31. The van der Waals surface area contributed by atoms with E-state index in [1.807, 2.05) is 0 Å². The summed E-state index contributed by atoms with van der Waals surface area (Å²) in [6.07, 6.45) is 7.86. The van der Waals surface area contributed by atoms with E-state index in [-0.39, 0.29) is 24.0 Å². The van der Waals surface area contributed by atoms with E-state index in [1.54, 1.807) is 0 Å². The van der Waals surface area contributed by atoms with Crippen molar-refractivity contribution in [2.24, 2.45) is 10.7 Å². The number of likely N-dealkylation sites (tertiary alicyclic amines) is 1. The summed E-state index contributed by atoms with van der Waals surface area (Å²) < 4.78 is 0. The number of nitrogens with one attached hydrogen (secondary N) is 1. The van der Waals surface area contributed by atoms with Gasteiger partial charge in [-0.3, -0.25) is 4.99 Å². The van der Waals surface area contributed by atoms with Crippen LogP contribution >= 0.6 is 24.0 Å². The minimum Gasteiger partial charge on any atom is -0.370 e. The van der Waals surface area contributed by atoms with Gasteiger partial charge in [-0.25, -0.2) is 0 Å². The molecule has 17 heavy (non-hydrogen) atoms. The molecule has 100 valence electrons. The Morgan fingerprint density at radius 2 is 1.82 bits per heavy atom. The number of rotatable bonds is 4. The molecule has 0 bridgehead atoms. The monoisotopic (exact) mass is 352 g/mol. The van der Waals surface area contributed by atoms with E-state index in [1.165, 1.54) is 51.6 Å². The minimum absolute atomic E-state index is 0. The highest BCUT2D eigenvalue weighted by atomic mass is 127. The van der Waals surface area contributed by atoms with Crippen LogP contribution in [0.25, 0.3) is 0 Å². The van der Waals surface area contributed by atoms with Crippen molar-refractivity contribution < 1.29 is 0 Å². The Bertz CT molecular complexity index is 233. The van der Waals surface area contributed by atoms with Crippen LogP contribution < -0.4 is 11.1 Å². The highest BCUT2D eigenvalue weighted by Crippen LogP contribution is 2.17. The molecule has 0 unspecified atom stereocenters. The Morgan fingerprint density at radius 1 is 1.18 bits per heavy atom. The van der Waals surface area contributed by atoms with Crippen LogP contribution in [0.1, 0.15) is 38.5 Å². The average Bonchev–Trinajstić information content (AvgIpc) is 2.90. The summed E-state index contributed by atoms with van der Waals surface area (Å²) in [6, 6.07) is 0.579. The minimum atomic E-state index is 0. The van der Waals surface area contributed by atoms with Crippen LogP contribution in [-0.2, 0) is 0 Å². The predicted molar refractivity (Wildman–Crippen MR) is 83.0 cm³/mol. The maximum Gasteiger partial charge on any atom is 0.188 e. The van der Waals surface area contributed by atoms with Crippen LogP contribution in [0, 0.1) is 0 Å². The number of nitrogens with zero attached hydrogens (tertiary/aromatic N) is 2. The number of nitrogens with two attached hydrogens (primary N) is 1. The molecule has 4 nitrogen and oxygen atoms in total. The van der Waals surface area contributed by atoms with Gasteiger partial charge < -0.3 is 16.0 Å². The second kappa shape index (κ2) is 8.13. The van der Waals surface area contributed by atoms with E-state index in [9.17, 15) is 0 Å². The summed E-state index contributed by atoms with van der Waals surface area (Å²) in [5.74, 6) is 0.645. The van der Waals surface area contributed by atoms with Gasteiger partial charge in [0.1, 0.15) is 0 Å². The highest BCUT2D eigenvalue weighted by molar-refractivity contribution is 14.0. The first kappa shape index (κ1) is 15.0. The lowest BCUT2D eigenvalue weighted by atomic mass is 10.2. The third-order valence-corrected chi connectivity index (χ3v) is 3.60. The van der Waals surface area contributed by atoms with E-state index in [2.05, 4.69) is 15.2 Å². The molecular weight excluding hydrogens is 327 g/mol. The molecule has 2 aliphatic rings. The van der Waals surface area contributed by atoms with Crippen molar-refractivity contribution in [1.29, 1.82) is 0 Å². The molecule has 1 aliphatic heterocycles. The molecule has 0 aromatic heterocycles. The first-order chi connectivity index (χ1) is 7.84. The number of guanidine groups is 1. The lowest BCUT2D eigenvalue weighted by Crippen LogP contribution is -2.39. The van der Waals surface area contributed by atoms with Crippen molar-refractivity contribution >= 4 is 29.9 Å². The Hall–Kier alpha value is -0.0400. The zero-order valence-electron chi connectivity index (χ0n) is 10.5. The topological polar surface area (TPSA) is 53.6 Å². The first-order valence-electron chi connectivity index (χ1n) is 6.63. The van der Waals surface area contributed by atoms with E-state index in [0.29, 0.717) is 12.0 Å². The van der Waals surface area contributed by atoms with Crippen molar-refractivity contribution in [2.45, 2.75) is 44.6 Å². The van der Waals surface area contributed by atoms with Crippen molar-refractivity contribution in [2.75, 3.05) is 26.2 Å². The molecule has 2 fully saturated rings. The lowest BCUT2D eigenvalue weighted by Gasteiger charge is -2.14. The molecule has 1 heterocycles. The molecule has 5 heteroatoms. The molecule has 3 N–H and O–H groups in total. The van der Waals surface area contributed by atoms with Gasteiger partial charge in [0.15, 0.2) is 5.96 Å².